The summed E-state index contributed by atoms with van der Waals surface area (Å²) in [7, 11) is 0. The highest BCUT2D eigenvalue weighted by Gasteiger charge is 2.24. The Morgan fingerprint density at radius 3 is 2.65 bits per heavy atom. The van der Waals surface area contributed by atoms with Gasteiger partial charge in [0.05, 0.1) is 0 Å². The molecule has 1 heterocycles. The minimum atomic E-state index is 0. The van der Waals surface area contributed by atoms with Crippen LogP contribution in [0.1, 0.15) is 19.4 Å². The van der Waals surface area contributed by atoms with E-state index in [0.29, 0.717) is 0 Å². The topological polar surface area (TPSA) is 12.5 Å². The molecule has 94 valence electrons. The lowest BCUT2D eigenvalue weighted by molar-refractivity contribution is 0.0267. The summed E-state index contributed by atoms with van der Waals surface area (Å²) in [5.74, 6) is 0. The normalized spacial score (nSPS) is 18.8. The third kappa shape index (κ3) is 3.66. The van der Waals surface area contributed by atoms with Crippen LogP contribution in [0, 0.1) is 0 Å². The van der Waals surface area contributed by atoms with Gasteiger partial charge in [-0.2, -0.15) is 0 Å². The zero-order valence-corrected chi connectivity index (χ0v) is 11.8. The highest BCUT2D eigenvalue weighted by atomic mass is 35.5. The van der Waals surface area contributed by atoms with Crippen LogP contribution in [0.15, 0.2) is 41.4 Å². The summed E-state index contributed by atoms with van der Waals surface area (Å²) in [5, 5.41) is 2.17. The molecule has 0 saturated carbocycles. The molecule has 0 aromatic heterocycles. The van der Waals surface area contributed by atoms with Crippen molar-refractivity contribution in [3.63, 3.8) is 0 Å². The van der Waals surface area contributed by atoms with E-state index in [1.807, 2.05) is 13.0 Å². The van der Waals surface area contributed by atoms with Crippen LogP contribution in [-0.2, 0) is 11.3 Å². The first-order chi connectivity index (χ1) is 7.81. The van der Waals surface area contributed by atoms with Gasteiger partial charge < -0.3 is 9.64 Å². The molecule has 17 heavy (non-hydrogen) atoms. The monoisotopic (exact) mass is 271 g/mol. The van der Waals surface area contributed by atoms with Gasteiger partial charge in [-0.15, -0.1) is 12.4 Å². The van der Waals surface area contributed by atoms with Gasteiger partial charge in [0.15, 0.2) is 5.56 Å². The van der Waals surface area contributed by atoms with Crippen molar-refractivity contribution < 1.29 is 4.74 Å². The molecule has 0 radical (unpaired) electrons. The van der Waals surface area contributed by atoms with E-state index >= 15 is 0 Å². The van der Waals surface area contributed by atoms with E-state index in [9.17, 15) is 0 Å². The molecule has 1 aliphatic rings. The van der Waals surface area contributed by atoms with Gasteiger partial charge >= 0.3 is 0 Å². The Kier molecular flexibility index (Phi) is 5.89. The van der Waals surface area contributed by atoms with Crippen LogP contribution in [0.2, 0.25) is 0 Å². The molecule has 1 atom stereocenters. The van der Waals surface area contributed by atoms with Crippen molar-refractivity contribution >= 4 is 24.2 Å². The van der Waals surface area contributed by atoms with Crippen LogP contribution in [0.4, 0.5) is 0 Å². The lowest BCUT2D eigenvalue weighted by atomic mass is 10.2. The van der Waals surface area contributed by atoms with Crippen molar-refractivity contribution in [3.8, 4) is 0 Å². The molecule has 4 heteroatoms. The highest BCUT2D eigenvalue weighted by molar-refractivity contribution is 8.02. The fourth-order valence-electron chi connectivity index (χ4n) is 1.72. The molecule has 0 spiro atoms. The van der Waals surface area contributed by atoms with Gasteiger partial charge in [0.1, 0.15) is 0 Å². The fraction of sp³-hybridized carbons (Fsp3) is 0.385. The number of thioether (sulfide) groups is 1. The molecule has 0 amide bonds. The molecular weight excluding hydrogens is 254 g/mol. The van der Waals surface area contributed by atoms with Crippen molar-refractivity contribution in [3.05, 3.63) is 47.0 Å². The SMILES string of the molecule is CCOC1SC=C(C)N1Cc1ccccc1.Cl. The predicted octanol–water partition coefficient (Wildman–Crippen LogP) is 3.84. The summed E-state index contributed by atoms with van der Waals surface area (Å²) in [6, 6.07) is 10.5. The van der Waals surface area contributed by atoms with E-state index in [2.05, 4.69) is 41.5 Å². The third-order valence-electron chi connectivity index (χ3n) is 2.57. The van der Waals surface area contributed by atoms with Crippen molar-refractivity contribution in [2.24, 2.45) is 0 Å². The molecule has 0 bridgehead atoms. The summed E-state index contributed by atoms with van der Waals surface area (Å²) in [4.78, 5) is 2.30. The van der Waals surface area contributed by atoms with Crippen LogP contribution in [-0.4, -0.2) is 17.1 Å². The average molecular weight is 272 g/mol. The van der Waals surface area contributed by atoms with E-state index in [0.717, 1.165) is 13.2 Å². The minimum Gasteiger partial charge on any atom is -0.349 e. The van der Waals surface area contributed by atoms with Gasteiger partial charge in [0.2, 0.25) is 0 Å². The van der Waals surface area contributed by atoms with Crippen LogP contribution < -0.4 is 0 Å². The maximum Gasteiger partial charge on any atom is 0.182 e. The van der Waals surface area contributed by atoms with Gasteiger partial charge in [-0.1, -0.05) is 42.1 Å². The molecule has 1 aliphatic heterocycles. The zero-order chi connectivity index (χ0) is 11.4. The van der Waals surface area contributed by atoms with Gasteiger partial charge in [0.25, 0.3) is 0 Å². The molecular formula is C13H18ClNOS. The third-order valence-corrected chi connectivity index (χ3v) is 3.67. The maximum atomic E-state index is 5.69. The van der Waals surface area contributed by atoms with Gasteiger partial charge in [0, 0.05) is 18.8 Å². The second kappa shape index (κ2) is 6.94. The number of halogens is 1. The summed E-state index contributed by atoms with van der Waals surface area (Å²) in [6.45, 7) is 5.84. The summed E-state index contributed by atoms with van der Waals surface area (Å²) >= 11 is 1.74. The Labute approximate surface area is 113 Å². The standard InChI is InChI=1S/C13H17NOS.ClH/c1-3-15-13-14(11(2)10-16-13)9-12-7-5-4-6-8-12;/h4-8,10,13H,3,9H2,1-2H3;1H. The smallest absolute Gasteiger partial charge is 0.182 e. The second-order valence-corrected chi connectivity index (χ2v) is 4.68. The summed E-state index contributed by atoms with van der Waals surface area (Å²) in [5.41, 5.74) is 2.75. The quantitative estimate of drug-likeness (QED) is 0.826. The fourth-order valence-corrected chi connectivity index (χ4v) is 2.77. The van der Waals surface area contributed by atoms with Gasteiger partial charge in [-0.3, -0.25) is 0 Å². The lowest BCUT2D eigenvalue weighted by Crippen LogP contribution is -2.29. The first-order valence-electron chi connectivity index (χ1n) is 5.55. The summed E-state index contributed by atoms with van der Waals surface area (Å²) in [6.07, 6.45) is 0. The number of ether oxygens (including phenoxy) is 1. The molecule has 2 rings (SSSR count). The Hall–Kier alpha value is -0.640. The van der Waals surface area contributed by atoms with Crippen LogP contribution in [0.25, 0.3) is 0 Å². The van der Waals surface area contributed by atoms with Crippen molar-refractivity contribution in [1.29, 1.82) is 0 Å². The van der Waals surface area contributed by atoms with Crippen molar-refractivity contribution in [2.45, 2.75) is 26.0 Å². The molecule has 2 nitrogen and oxygen atoms in total. The number of benzene rings is 1. The molecule has 0 N–H and O–H groups in total. The Morgan fingerprint density at radius 1 is 1.29 bits per heavy atom. The van der Waals surface area contributed by atoms with Crippen molar-refractivity contribution in [1.82, 2.24) is 4.90 Å². The number of allylic oxidation sites excluding steroid dienone is 1. The molecule has 1 aromatic rings. The largest absolute Gasteiger partial charge is 0.349 e. The minimum absolute atomic E-state index is 0. The Morgan fingerprint density at radius 2 is 2.00 bits per heavy atom. The van der Waals surface area contributed by atoms with Gasteiger partial charge in [-0.05, 0) is 24.8 Å². The Bertz CT molecular complexity index is 369. The Balaban J connectivity index is 0.00000144. The number of rotatable bonds is 4. The highest BCUT2D eigenvalue weighted by Crippen LogP contribution is 2.32. The first-order valence-corrected chi connectivity index (χ1v) is 6.50. The first kappa shape index (κ1) is 14.4. The van der Waals surface area contributed by atoms with E-state index < -0.39 is 0 Å². The van der Waals surface area contributed by atoms with Crippen LogP contribution >= 0.6 is 24.2 Å². The van der Waals surface area contributed by atoms with Crippen molar-refractivity contribution in [2.75, 3.05) is 6.61 Å². The maximum absolute atomic E-state index is 5.69. The zero-order valence-electron chi connectivity index (χ0n) is 10.1. The van der Waals surface area contributed by atoms with E-state index in [1.165, 1.54) is 11.3 Å². The summed E-state index contributed by atoms with van der Waals surface area (Å²) < 4.78 is 5.69. The molecule has 0 aliphatic carbocycles. The van der Waals surface area contributed by atoms with Crippen LogP contribution in [0.5, 0.6) is 0 Å². The molecule has 1 unspecified atom stereocenters. The number of hydrogen-bond donors (Lipinski definition) is 0. The number of nitrogens with zero attached hydrogens (tertiary/aromatic N) is 1. The molecule has 1 aromatic carbocycles. The predicted molar refractivity (Wildman–Crippen MR) is 76.0 cm³/mol. The van der Waals surface area contributed by atoms with Gasteiger partial charge in [-0.25, -0.2) is 0 Å². The molecule has 0 saturated heterocycles. The lowest BCUT2D eigenvalue weighted by Gasteiger charge is -2.27. The van der Waals surface area contributed by atoms with E-state index in [1.54, 1.807) is 11.8 Å². The van der Waals surface area contributed by atoms with Crippen LogP contribution in [0.3, 0.4) is 0 Å². The number of hydrogen-bond acceptors (Lipinski definition) is 3. The van der Waals surface area contributed by atoms with E-state index in [4.69, 9.17) is 4.74 Å². The average Bonchev–Trinajstić information content (AvgIpc) is 2.64. The van der Waals surface area contributed by atoms with E-state index in [-0.39, 0.29) is 18.0 Å². The molecule has 0 fully saturated rings. The second-order valence-electron chi connectivity index (χ2n) is 3.77.